The Hall–Kier alpha value is -2.17. The van der Waals surface area contributed by atoms with Gasteiger partial charge in [-0.2, -0.15) is 4.31 Å². The fourth-order valence-corrected chi connectivity index (χ4v) is 6.59. The lowest BCUT2D eigenvalue weighted by Crippen LogP contribution is -2.46. The number of aryl methyl sites for hydroxylation is 1. The van der Waals surface area contributed by atoms with E-state index in [4.69, 9.17) is 4.74 Å². The number of fused-ring (bicyclic) bond motifs is 1. The molecule has 1 aromatic carbocycles. The predicted octanol–water partition coefficient (Wildman–Crippen LogP) is 1.72. The van der Waals surface area contributed by atoms with Gasteiger partial charge >= 0.3 is 0 Å². The van der Waals surface area contributed by atoms with Crippen LogP contribution in [0.5, 0.6) is 5.75 Å². The fourth-order valence-electron chi connectivity index (χ4n) is 4.85. The van der Waals surface area contributed by atoms with Crippen LogP contribution in [-0.2, 0) is 19.6 Å². The van der Waals surface area contributed by atoms with Gasteiger partial charge in [-0.25, -0.2) is 8.42 Å². The Balaban J connectivity index is 1.38. The lowest BCUT2D eigenvalue weighted by atomic mass is 9.99. The number of hydrogen-bond acceptors (Lipinski definition) is 6. The van der Waals surface area contributed by atoms with E-state index in [1.165, 1.54) is 36.1 Å². The second-order valence-electron chi connectivity index (χ2n) is 9.20. The van der Waals surface area contributed by atoms with Crippen LogP contribution in [0.15, 0.2) is 17.0 Å². The Labute approximate surface area is 195 Å². The summed E-state index contributed by atoms with van der Waals surface area (Å²) >= 11 is 0. The third-order valence-electron chi connectivity index (χ3n) is 6.71. The number of ether oxygens (including phenoxy) is 1. The third-order valence-corrected chi connectivity index (χ3v) is 8.72. The Morgan fingerprint density at radius 1 is 1.15 bits per heavy atom. The van der Waals surface area contributed by atoms with Crippen molar-refractivity contribution in [3.05, 3.63) is 17.7 Å². The molecular formula is C23H34N4O5S. The number of nitrogens with one attached hydrogen (secondary N) is 2. The van der Waals surface area contributed by atoms with Gasteiger partial charge in [-0.1, -0.05) is 12.8 Å². The summed E-state index contributed by atoms with van der Waals surface area (Å²) in [5, 5.41) is 5.72. The first kappa shape index (κ1) is 24.0. The lowest BCUT2D eigenvalue weighted by Gasteiger charge is -2.32. The van der Waals surface area contributed by atoms with E-state index in [-0.39, 0.29) is 35.8 Å². The number of carbonyl (C=O) groups is 2. The van der Waals surface area contributed by atoms with Gasteiger partial charge < -0.3 is 20.3 Å². The monoisotopic (exact) mass is 478 g/mol. The van der Waals surface area contributed by atoms with Crippen molar-refractivity contribution in [2.24, 2.45) is 5.92 Å². The van der Waals surface area contributed by atoms with Crippen molar-refractivity contribution in [3.8, 4) is 5.75 Å². The third kappa shape index (κ3) is 5.67. The standard InChI is InChI=1S/C23H34N4O5S/c1-17-13-19-20(32-16-22(28)25-19)14-21(17)33(30,31)27-11-6-7-18(15-27)23(29)24-8-12-26-9-4-2-3-5-10-26/h13-14,18H,2-12,15-16H2,1H3,(H,24,29)(H,25,28). The van der Waals surface area contributed by atoms with Crippen LogP contribution in [0.2, 0.25) is 0 Å². The Morgan fingerprint density at radius 3 is 2.67 bits per heavy atom. The molecule has 10 heteroatoms. The first-order valence-corrected chi connectivity index (χ1v) is 13.4. The minimum Gasteiger partial charge on any atom is -0.482 e. The average molecular weight is 479 g/mol. The zero-order chi connectivity index (χ0) is 23.4. The summed E-state index contributed by atoms with van der Waals surface area (Å²) in [6.07, 6.45) is 6.30. The van der Waals surface area contributed by atoms with E-state index >= 15 is 0 Å². The maximum absolute atomic E-state index is 13.4. The molecule has 3 aliphatic heterocycles. The van der Waals surface area contributed by atoms with Crippen molar-refractivity contribution < 1.29 is 22.7 Å². The number of hydrogen-bond donors (Lipinski definition) is 2. The Morgan fingerprint density at radius 2 is 1.91 bits per heavy atom. The maximum atomic E-state index is 13.4. The molecule has 1 unspecified atom stereocenters. The van der Waals surface area contributed by atoms with Gasteiger partial charge in [0.1, 0.15) is 5.75 Å². The van der Waals surface area contributed by atoms with Gasteiger partial charge in [-0.05, 0) is 57.3 Å². The molecule has 3 aliphatic rings. The summed E-state index contributed by atoms with van der Waals surface area (Å²) in [6, 6.07) is 3.10. The summed E-state index contributed by atoms with van der Waals surface area (Å²) in [6.45, 7) is 5.71. The lowest BCUT2D eigenvalue weighted by molar-refractivity contribution is -0.126. The summed E-state index contributed by atoms with van der Waals surface area (Å²) in [5.74, 6) is -0.346. The minimum absolute atomic E-state index is 0.0714. The van der Waals surface area contributed by atoms with Crippen molar-refractivity contribution in [1.82, 2.24) is 14.5 Å². The Bertz CT molecular complexity index is 989. The van der Waals surface area contributed by atoms with Crippen LogP contribution in [0, 0.1) is 12.8 Å². The van der Waals surface area contributed by atoms with E-state index < -0.39 is 10.0 Å². The van der Waals surface area contributed by atoms with E-state index in [0.29, 0.717) is 42.9 Å². The number of amides is 2. The molecule has 2 N–H and O–H groups in total. The number of rotatable bonds is 6. The van der Waals surface area contributed by atoms with Crippen LogP contribution in [-0.4, -0.2) is 75.3 Å². The van der Waals surface area contributed by atoms with E-state index in [2.05, 4.69) is 15.5 Å². The van der Waals surface area contributed by atoms with E-state index in [0.717, 1.165) is 19.6 Å². The van der Waals surface area contributed by atoms with E-state index in [1.807, 2.05) is 0 Å². The van der Waals surface area contributed by atoms with Gasteiger partial charge in [0, 0.05) is 32.2 Å². The highest BCUT2D eigenvalue weighted by Gasteiger charge is 2.35. The molecule has 0 aromatic heterocycles. The van der Waals surface area contributed by atoms with Crippen molar-refractivity contribution in [2.45, 2.75) is 50.3 Å². The van der Waals surface area contributed by atoms with Crippen LogP contribution in [0.4, 0.5) is 5.69 Å². The second kappa shape index (κ2) is 10.4. The van der Waals surface area contributed by atoms with Crippen molar-refractivity contribution >= 4 is 27.5 Å². The molecule has 1 aromatic rings. The second-order valence-corrected chi connectivity index (χ2v) is 11.1. The molecule has 9 nitrogen and oxygen atoms in total. The number of benzene rings is 1. The molecular weight excluding hydrogens is 444 g/mol. The fraction of sp³-hybridized carbons (Fsp3) is 0.652. The molecule has 182 valence electrons. The first-order chi connectivity index (χ1) is 15.8. The van der Waals surface area contributed by atoms with Crippen LogP contribution in [0.25, 0.3) is 0 Å². The van der Waals surface area contributed by atoms with Gasteiger partial charge in [-0.3, -0.25) is 9.59 Å². The normalized spacial score (nSPS) is 22.6. The van der Waals surface area contributed by atoms with Crippen LogP contribution < -0.4 is 15.4 Å². The van der Waals surface area contributed by atoms with Crippen molar-refractivity contribution in [3.63, 3.8) is 0 Å². The van der Waals surface area contributed by atoms with E-state index in [9.17, 15) is 18.0 Å². The molecule has 0 radical (unpaired) electrons. The van der Waals surface area contributed by atoms with Crippen molar-refractivity contribution in [1.29, 1.82) is 0 Å². The van der Waals surface area contributed by atoms with Crippen LogP contribution in [0.1, 0.15) is 44.1 Å². The molecule has 4 rings (SSSR count). The Kier molecular flexibility index (Phi) is 7.55. The zero-order valence-corrected chi connectivity index (χ0v) is 20.1. The number of nitrogens with zero attached hydrogens (tertiary/aromatic N) is 2. The SMILES string of the molecule is Cc1cc2c(cc1S(=O)(=O)N1CCCC(C(=O)NCCN3CCCCCC3)C1)OCC(=O)N2. The molecule has 0 bridgehead atoms. The number of likely N-dealkylation sites (tertiary alicyclic amines) is 1. The highest BCUT2D eigenvalue weighted by molar-refractivity contribution is 7.89. The summed E-state index contributed by atoms with van der Waals surface area (Å²) in [4.78, 5) is 26.9. The number of sulfonamides is 1. The smallest absolute Gasteiger partial charge is 0.262 e. The molecule has 2 saturated heterocycles. The quantitative estimate of drug-likeness (QED) is 0.645. The molecule has 0 aliphatic carbocycles. The number of carbonyl (C=O) groups excluding carboxylic acids is 2. The van der Waals surface area contributed by atoms with Gasteiger partial charge in [0.2, 0.25) is 15.9 Å². The van der Waals surface area contributed by atoms with Gasteiger partial charge in [0.25, 0.3) is 5.91 Å². The molecule has 3 heterocycles. The molecule has 0 saturated carbocycles. The average Bonchev–Trinajstić information content (AvgIpc) is 3.07. The van der Waals surface area contributed by atoms with E-state index in [1.54, 1.807) is 13.0 Å². The molecule has 2 fully saturated rings. The first-order valence-electron chi connectivity index (χ1n) is 11.9. The summed E-state index contributed by atoms with van der Waals surface area (Å²) in [7, 11) is -3.80. The highest BCUT2D eigenvalue weighted by Crippen LogP contribution is 2.35. The summed E-state index contributed by atoms with van der Waals surface area (Å²) in [5.41, 5.74) is 1.01. The maximum Gasteiger partial charge on any atom is 0.262 e. The van der Waals surface area contributed by atoms with Crippen molar-refractivity contribution in [2.75, 3.05) is 51.2 Å². The van der Waals surface area contributed by atoms with Gasteiger partial charge in [0.05, 0.1) is 16.5 Å². The van der Waals surface area contributed by atoms with Crippen LogP contribution >= 0.6 is 0 Å². The predicted molar refractivity (Wildman–Crippen MR) is 125 cm³/mol. The number of piperidine rings is 1. The van der Waals surface area contributed by atoms with Gasteiger partial charge in [0.15, 0.2) is 6.61 Å². The van der Waals surface area contributed by atoms with Gasteiger partial charge in [-0.15, -0.1) is 0 Å². The molecule has 0 spiro atoms. The minimum atomic E-state index is -3.80. The highest BCUT2D eigenvalue weighted by atomic mass is 32.2. The largest absolute Gasteiger partial charge is 0.482 e. The van der Waals surface area contributed by atoms with Crippen LogP contribution in [0.3, 0.4) is 0 Å². The zero-order valence-electron chi connectivity index (χ0n) is 19.3. The molecule has 2 amide bonds. The molecule has 1 atom stereocenters. The topological polar surface area (TPSA) is 108 Å². The summed E-state index contributed by atoms with van der Waals surface area (Å²) < 4.78 is 33.7. The number of anilines is 1. The molecule has 33 heavy (non-hydrogen) atoms.